The number of hydrogen-bond acceptors (Lipinski definition) is 7. The number of aromatic nitrogens is 3. The number of ether oxygens (including phenoxy) is 2. The van der Waals surface area contributed by atoms with Crippen LogP contribution in [-0.4, -0.2) is 48.0 Å². The van der Waals surface area contributed by atoms with Crippen LogP contribution in [0, 0.1) is 17.1 Å². The van der Waals surface area contributed by atoms with Crippen molar-refractivity contribution in [2.75, 3.05) is 32.6 Å². The molecule has 0 aliphatic carbocycles. The van der Waals surface area contributed by atoms with Crippen LogP contribution in [0.15, 0.2) is 54.9 Å². The van der Waals surface area contributed by atoms with Crippen LogP contribution in [0.5, 0.6) is 11.5 Å². The van der Waals surface area contributed by atoms with Gasteiger partial charge in [0, 0.05) is 36.3 Å². The first-order valence-corrected chi connectivity index (χ1v) is 10.8. The minimum atomic E-state index is -0.591. The zero-order valence-electron chi connectivity index (χ0n) is 19.2. The Labute approximate surface area is 201 Å². The molecule has 9 nitrogen and oxygen atoms in total. The van der Waals surface area contributed by atoms with Gasteiger partial charge in [-0.3, -0.25) is 4.79 Å². The zero-order chi connectivity index (χ0) is 24.8. The fourth-order valence-electron chi connectivity index (χ4n) is 3.62. The fraction of sp³-hybridized carbons (Fsp3) is 0.200. The van der Waals surface area contributed by atoms with Crippen molar-refractivity contribution in [3.8, 4) is 17.6 Å². The summed E-state index contributed by atoms with van der Waals surface area (Å²) in [5.74, 6) is 0.483. The van der Waals surface area contributed by atoms with Gasteiger partial charge in [-0.15, -0.1) is 0 Å². The molecule has 0 fully saturated rings. The number of anilines is 1. The molecule has 0 spiro atoms. The van der Waals surface area contributed by atoms with Crippen LogP contribution in [0.2, 0.25) is 0 Å². The third-order valence-electron chi connectivity index (χ3n) is 5.40. The number of pyridine rings is 1. The van der Waals surface area contributed by atoms with Crippen LogP contribution in [0.3, 0.4) is 0 Å². The Hall–Kier alpha value is -4.65. The minimum absolute atomic E-state index is 0.0576. The van der Waals surface area contributed by atoms with E-state index < -0.39 is 5.82 Å². The molecule has 0 aliphatic heterocycles. The second-order valence-electron chi connectivity index (χ2n) is 7.57. The molecule has 4 aromatic rings. The van der Waals surface area contributed by atoms with E-state index in [2.05, 4.69) is 20.7 Å². The van der Waals surface area contributed by atoms with Crippen molar-refractivity contribution in [1.82, 2.24) is 20.1 Å². The molecule has 2 heterocycles. The number of halogens is 1. The molecular formula is C25H23FN6O3. The molecule has 2 N–H and O–H groups in total. The average Bonchev–Trinajstić information content (AvgIpc) is 3.28. The number of nitrogens with zero attached hydrogens (tertiary/aromatic N) is 4. The van der Waals surface area contributed by atoms with Crippen molar-refractivity contribution in [2.45, 2.75) is 6.54 Å². The van der Waals surface area contributed by atoms with Crippen LogP contribution < -0.4 is 20.1 Å². The number of rotatable bonds is 9. The number of carbonyl (C=O) groups is 1. The Bertz CT molecular complexity index is 1410. The van der Waals surface area contributed by atoms with E-state index >= 15 is 0 Å². The van der Waals surface area contributed by atoms with E-state index in [0.717, 1.165) is 10.9 Å². The lowest BCUT2D eigenvalue weighted by Gasteiger charge is -2.11. The highest BCUT2D eigenvalue weighted by Gasteiger charge is 2.13. The topological polar surface area (TPSA) is 114 Å². The second kappa shape index (κ2) is 10.5. The number of nitrogens with one attached hydrogen (secondary N) is 2. The standard InChI is InChI=1S/C25H23FN6O3/c1-34-19-7-6-16(23(11-19)35-2)15-32-24-17(14-31-32)10-18(13-30-24)25(33)29-9-8-28-22-5-3-4-21(26)20(22)12-27/h3-7,10-11,13-14,28H,8-9,15H2,1-2H3,(H,29,33). The highest BCUT2D eigenvalue weighted by Crippen LogP contribution is 2.26. The van der Waals surface area contributed by atoms with Gasteiger partial charge in [0.15, 0.2) is 5.65 Å². The summed E-state index contributed by atoms with van der Waals surface area (Å²) in [6.45, 7) is 1.03. The van der Waals surface area contributed by atoms with Gasteiger partial charge in [0.05, 0.1) is 38.2 Å². The molecule has 0 aliphatic rings. The quantitative estimate of drug-likeness (QED) is 0.358. The minimum Gasteiger partial charge on any atom is -0.497 e. The fourth-order valence-corrected chi connectivity index (χ4v) is 3.62. The zero-order valence-corrected chi connectivity index (χ0v) is 19.2. The first-order valence-electron chi connectivity index (χ1n) is 10.8. The Morgan fingerprint density at radius 3 is 2.77 bits per heavy atom. The molecule has 10 heteroatoms. The van der Waals surface area contributed by atoms with Crippen molar-refractivity contribution >= 4 is 22.6 Å². The van der Waals surface area contributed by atoms with Gasteiger partial charge >= 0.3 is 0 Å². The summed E-state index contributed by atoms with van der Waals surface area (Å²) in [6, 6.07) is 13.5. The number of carbonyl (C=O) groups excluding carboxylic acids is 1. The van der Waals surface area contributed by atoms with E-state index in [1.807, 2.05) is 18.2 Å². The number of methoxy groups -OCH3 is 2. The Morgan fingerprint density at radius 1 is 1.14 bits per heavy atom. The average molecular weight is 474 g/mol. The number of benzene rings is 2. The number of amides is 1. The summed E-state index contributed by atoms with van der Waals surface area (Å²) >= 11 is 0. The van der Waals surface area contributed by atoms with Gasteiger partial charge in [-0.1, -0.05) is 6.07 Å². The maximum absolute atomic E-state index is 13.7. The summed E-state index contributed by atoms with van der Waals surface area (Å²) in [7, 11) is 3.19. The summed E-state index contributed by atoms with van der Waals surface area (Å²) in [4.78, 5) is 17.0. The van der Waals surface area contributed by atoms with E-state index in [-0.39, 0.29) is 18.0 Å². The van der Waals surface area contributed by atoms with Crippen LogP contribution in [-0.2, 0) is 6.54 Å². The predicted molar refractivity (Wildman–Crippen MR) is 128 cm³/mol. The molecule has 0 saturated carbocycles. The van der Waals surface area contributed by atoms with Crippen molar-refractivity contribution in [3.63, 3.8) is 0 Å². The smallest absolute Gasteiger partial charge is 0.252 e. The van der Waals surface area contributed by atoms with E-state index in [4.69, 9.17) is 14.7 Å². The number of fused-ring (bicyclic) bond motifs is 1. The molecule has 1 amide bonds. The lowest BCUT2D eigenvalue weighted by molar-refractivity contribution is 0.0955. The van der Waals surface area contributed by atoms with Crippen LogP contribution in [0.1, 0.15) is 21.5 Å². The summed E-state index contributed by atoms with van der Waals surface area (Å²) in [5, 5.41) is 20.0. The highest BCUT2D eigenvalue weighted by molar-refractivity contribution is 5.96. The largest absolute Gasteiger partial charge is 0.497 e. The highest BCUT2D eigenvalue weighted by atomic mass is 19.1. The molecule has 0 unspecified atom stereocenters. The summed E-state index contributed by atoms with van der Waals surface area (Å²) in [6.07, 6.45) is 3.15. The Balaban J connectivity index is 1.39. The lowest BCUT2D eigenvalue weighted by atomic mass is 10.2. The van der Waals surface area contributed by atoms with Crippen LogP contribution >= 0.6 is 0 Å². The molecule has 0 saturated heterocycles. The van der Waals surface area contributed by atoms with Crippen molar-refractivity contribution in [1.29, 1.82) is 5.26 Å². The Morgan fingerprint density at radius 2 is 2.00 bits per heavy atom. The van der Waals surface area contributed by atoms with Gasteiger partial charge < -0.3 is 20.1 Å². The molecule has 178 valence electrons. The van der Waals surface area contributed by atoms with Gasteiger partial charge in [0.2, 0.25) is 0 Å². The van der Waals surface area contributed by atoms with E-state index in [1.165, 1.54) is 18.3 Å². The second-order valence-corrected chi connectivity index (χ2v) is 7.57. The first kappa shape index (κ1) is 23.5. The number of hydrogen-bond donors (Lipinski definition) is 2. The van der Waals surface area contributed by atoms with E-state index in [1.54, 1.807) is 43.3 Å². The summed E-state index contributed by atoms with van der Waals surface area (Å²) < 4.78 is 26.1. The molecule has 2 aromatic carbocycles. The molecule has 0 atom stereocenters. The predicted octanol–water partition coefficient (Wildman–Crippen LogP) is 3.35. The van der Waals surface area contributed by atoms with Crippen molar-refractivity contribution < 1.29 is 18.7 Å². The molecule has 0 radical (unpaired) electrons. The first-order chi connectivity index (χ1) is 17.0. The number of nitriles is 1. The lowest BCUT2D eigenvalue weighted by Crippen LogP contribution is -2.29. The van der Waals surface area contributed by atoms with Crippen LogP contribution in [0.25, 0.3) is 11.0 Å². The van der Waals surface area contributed by atoms with Gasteiger partial charge in [-0.05, 0) is 30.3 Å². The monoisotopic (exact) mass is 474 g/mol. The van der Waals surface area contributed by atoms with Gasteiger partial charge in [-0.25, -0.2) is 14.1 Å². The molecule has 0 bridgehead atoms. The van der Waals surface area contributed by atoms with Gasteiger partial charge in [0.1, 0.15) is 28.9 Å². The normalized spacial score (nSPS) is 10.6. The maximum atomic E-state index is 13.7. The molecule has 35 heavy (non-hydrogen) atoms. The molecule has 4 rings (SSSR count). The van der Waals surface area contributed by atoms with E-state index in [0.29, 0.717) is 41.5 Å². The third-order valence-corrected chi connectivity index (χ3v) is 5.40. The SMILES string of the molecule is COc1ccc(Cn2ncc3cc(C(=O)NCCNc4cccc(F)c4C#N)cnc32)c(OC)c1. The molecule has 2 aromatic heterocycles. The molecular weight excluding hydrogens is 451 g/mol. The third kappa shape index (κ3) is 5.14. The van der Waals surface area contributed by atoms with Gasteiger partial charge in [-0.2, -0.15) is 10.4 Å². The maximum Gasteiger partial charge on any atom is 0.252 e. The van der Waals surface area contributed by atoms with E-state index in [9.17, 15) is 9.18 Å². The van der Waals surface area contributed by atoms with Gasteiger partial charge in [0.25, 0.3) is 5.91 Å². The Kier molecular flexibility index (Phi) is 7.07. The van der Waals surface area contributed by atoms with Crippen molar-refractivity contribution in [2.24, 2.45) is 0 Å². The van der Waals surface area contributed by atoms with Crippen molar-refractivity contribution in [3.05, 3.63) is 77.4 Å². The van der Waals surface area contributed by atoms with Crippen LogP contribution in [0.4, 0.5) is 10.1 Å². The summed E-state index contributed by atoms with van der Waals surface area (Å²) in [5.41, 5.74) is 2.26.